The number of hydrogen-bond donors (Lipinski definition) is 2. The number of ether oxygens (including phenoxy) is 1. The first kappa shape index (κ1) is 18.8. The lowest BCUT2D eigenvalue weighted by Gasteiger charge is -2.27. The second-order valence-electron chi connectivity index (χ2n) is 7.16. The maximum atomic E-state index is 12.8. The Morgan fingerprint density at radius 1 is 1.29 bits per heavy atom. The van der Waals surface area contributed by atoms with E-state index < -0.39 is 0 Å². The molecule has 4 rings (SSSR count). The lowest BCUT2D eigenvalue weighted by molar-refractivity contribution is -0.920. The molecule has 0 spiro atoms. The molecule has 0 radical (unpaired) electrons. The van der Waals surface area contributed by atoms with E-state index in [2.05, 4.69) is 4.98 Å². The van der Waals surface area contributed by atoms with Gasteiger partial charge in [-0.25, -0.2) is 4.98 Å². The minimum absolute atomic E-state index is 0.00362. The zero-order chi connectivity index (χ0) is 19.5. The molecule has 0 bridgehead atoms. The molecule has 146 valence electrons. The van der Waals surface area contributed by atoms with Crippen molar-refractivity contribution < 1.29 is 14.4 Å². The van der Waals surface area contributed by atoms with Crippen molar-refractivity contribution in [3.8, 4) is 11.1 Å². The Balaban J connectivity index is 1.49. The normalized spacial score (nSPS) is 19.6. The van der Waals surface area contributed by atoms with Crippen molar-refractivity contribution >= 4 is 27.5 Å². The number of quaternary nitrogens is 1. The Morgan fingerprint density at radius 2 is 2.04 bits per heavy atom. The summed E-state index contributed by atoms with van der Waals surface area (Å²) in [6, 6.07) is 9.92. The molecule has 7 heteroatoms. The molecule has 0 saturated carbocycles. The van der Waals surface area contributed by atoms with Crippen LogP contribution in [0.15, 0.2) is 40.5 Å². The number of aromatic amines is 1. The molecule has 1 saturated heterocycles. The van der Waals surface area contributed by atoms with Crippen LogP contribution < -0.4 is 10.5 Å². The summed E-state index contributed by atoms with van der Waals surface area (Å²) in [5, 5.41) is 2.67. The molecule has 0 amide bonds. The van der Waals surface area contributed by atoms with Crippen molar-refractivity contribution in [3.63, 3.8) is 0 Å². The van der Waals surface area contributed by atoms with Crippen LogP contribution in [0.4, 0.5) is 0 Å². The highest BCUT2D eigenvalue weighted by molar-refractivity contribution is 7.17. The third kappa shape index (κ3) is 3.86. The second kappa shape index (κ2) is 8.24. The average molecular weight is 399 g/mol. The van der Waals surface area contributed by atoms with Gasteiger partial charge < -0.3 is 14.6 Å². The minimum Gasteiger partial charge on any atom is -0.466 e. The van der Waals surface area contributed by atoms with Gasteiger partial charge in [0.1, 0.15) is 11.4 Å². The molecule has 2 aromatic heterocycles. The molecule has 0 atom stereocenters. The number of nitrogens with one attached hydrogen (secondary N) is 2. The third-order valence-electron chi connectivity index (χ3n) is 5.31. The van der Waals surface area contributed by atoms with E-state index in [0.29, 0.717) is 24.4 Å². The number of aromatic nitrogens is 2. The van der Waals surface area contributed by atoms with Gasteiger partial charge in [-0.15, -0.1) is 11.3 Å². The molecule has 1 aliphatic rings. The molecule has 1 aliphatic heterocycles. The summed E-state index contributed by atoms with van der Waals surface area (Å²) in [6.45, 7) is 4.70. The Morgan fingerprint density at radius 3 is 2.75 bits per heavy atom. The predicted octanol–water partition coefficient (Wildman–Crippen LogP) is 2.01. The van der Waals surface area contributed by atoms with Gasteiger partial charge in [-0.3, -0.25) is 9.59 Å². The molecule has 6 nitrogen and oxygen atoms in total. The summed E-state index contributed by atoms with van der Waals surface area (Å²) in [6.07, 6.45) is 1.63. The highest BCUT2D eigenvalue weighted by Gasteiger charge is 2.29. The Hall–Kier alpha value is -2.51. The lowest BCUT2D eigenvalue weighted by Crippen LogP contribution is -3.12. The van der Waals surface area contributed by atoms with Gasteiger partial charge in [0, 0.05) is 23.8 Å². The zero-order valence-electron chi connectivity index (χ0n) is 15.9. The molecule has 0 unspecified atom stereocenters. The van der Waals surface area contributed by atoms with E-state index in [9.17, 15) is 9.59 Å². The fourth-order valence-corrected chi connectivity index (χ4v) is 4.81. The molecular formula is C21H24N3O3S+. The van der Waals surface area contributed by atoms with Crippen molar-refractivity contribution in [1.29, 1.82) is 0 Å². The van der Waals surface area contributed by atoms with Gasteiger partial charge in [-0.05, 0) is 12.5 Å². The molecule has 3 aromatic rings. The highest BCUT2D eigenvalue weighted by atomic mass is 32.1. The molecule has 2 N–H and O–H groups in total. The van der Waals surface area contributed by atoms with E-state index in [0.717, 1.165) is 41.9 Å². The fourth-order valence-electron chi connectivity index (χ4n) is 3.84. The molecular weight excluding hydrogens is 374 g/mol. The number of nitrogens with zero attached hydrogens (tertiary/aromatic N) is 1. The number of fused-ring (bicyclic) bond motifs is 1. The number of esters is 1. The van der Waals surface area contributed by atoms with E-state index in [1.807, 2.05) is 42.6 Å². The van der Waals surface area contributed by atoms with Crippen molar-refractivity contribution in [2.45, 2.75) is 26.3 Å². The first-order valence-corrected chi connectivity index (χ1v) is 10.6. The van der Waals surface area contributed by atoms with Crippen LogP contribution in [0, 0.1) is 5.92 Å². The lowest BCUT2D eigenvalue weighted by atomic mass is 9.97. The zero-order valence-corrected chi connectivity index (χ0v) is 16.7. The van der Waals surface area contributed by atoms with E-state index >= 15 is 0 Å². The quantitative estimate of drug-likeness (QED) is 0.645. The van der Waals surface area contributed by atoms with Crippen LogP contribution in [0.2, 0.25) is 0 Å². The van der Waals surface area contributed by atoms with Crippen molar-refractivity contribution in [1.82, 2.24) is 9.97 Å². The fraction of sp³-hybridized carbons (Fsp3) is 0.381. The van der Waals surface area contributed by atoms with Gasteiger partial charge in [-0.1, -0.05) is 30.3 Å². The molecule has 1 aromatic carbocycles. The standard InChI is InChI=1S/C21H23N3O3S/c1-2-27-21(26)15-8-10-24(11-9-15)12-17-22-19(25)18-16(13-28-20(18)23-17)14-6-4-3-5-7-14/h3-7,13,15H,2,8-12H2,1H3,(H,22,23,25)/p+1. The second-order valence-corrected chi connectivity index (χ2v) is 8.02. The number of rotatable bonds is 5. The summed E-state index contributed by atoms with van der Waals surface area (Å²) in [7, 11) is 0. The number of carbonyl (C=O) groups excluding carboxylic acids is 1. The predicted molar refractivity (Wildman–Crippen MR) is 109 cm³/mol. The Kier molecular flexibility index (Phi) is 5.54. The summed E-state index contributed by atoms with van der Waals surface area (Å²) >= 11 is 1.51. The SMILES string of the molecule is CCOC(=O)C1CC[NH+](Cc2nc3scc(-c4ccccc4)c3c(=O)[nH]2)CC1. The van der Waals surface area contributed by atoms with Gasteiger partial charge in [0.15, 0.2) is 5.82 Å². The van der Waals surface area contributed by atoms with Crippen LogP contribution in [-0.4, -0.2) is 35.6 Å². The topological polar surface area (TPSA) is 76.5 Å². The van der Waals surface area contributed by atoms with Crippen LogP contribution >= 0.6 is 11.3 Å². The van der Waals surface area contributed by atoms with E-state index in [1.54, 1.807) is 0 Å². The van der Waals surface area contributed by atoms with Gasteiger partial charge in [0.25, 0.3) is 5.56 Å². The van der Waals surface area contributed by atoms with Crippen LogP contribution in [0.1, 0.15) is 25.6 Å². The van der Waals surface area contributed by atoms with Gasteiger partial charge >= 0.3 is 5.97 Å². The smallest absolute Gasteiger partial charge is 0.309 e. The van der Waals surface area contributed by atoms with Crippen molar-refractivity contribution in [2.75, 3.05) is 19.7 Å². The number of H-pyrrole nitrogens is 1. The van der Waals surface area contributed by atoms with Gasteiger partial charge in [0.05, 0.1) is 31.0 Å². The number of carbonyl (C=O) groups is 1. The van der Waals surface area contributed by atoms with Crippen LogP contribution in [-0.2, 0) is 16.1 Å². The van der Waals surface area contributed by atoms with E-state index in [1.165, 1.54) is 16.2 Å². The highest BCUT2D eigenvalue weighted by Crippen LogP contribution is 2.30. The summed E-state index contributed by atoms with van der Waals surface area (Å²) < 4.78 is 5.13. The number of benzene rings is 1. The Labute approximate surface area is 167 Å². The van der Waals surface area contributed by atoms with Gasteiger partial charge in [0.2, 0.25) is 0 Å². The summed E-state index contributed by atoms with van der Waals surface area (Å²) in [5.74, 6) is 0.633. The number of hydrogen-bond acceptors (Lipinski definition) is 5. The maximum Gasteiger partial charge on any atom is 0.309 e. The monoisotopic (exact) mass is 398 g/mol. The first-order chi connectivity index (χ1) is 13.7. The number of thiophene rings is 1. The van der Waals surface area contributed by atoms with Crippen molar-refractivity contribution in [2.24, 2.45) is 5.92 Å². The minimum atomic E-state index is -0.0825. The molecule has 3 heterocycles. The maximum absolute atomic E-state index is 12.8. The molecule has 28 heavy (non-hydrogen) atoms. The van der Waals surface area contributed by atoms with Crippen molar-refractivity contribution in [3.05, 3.63) is 51.9 Å². The van der Waals surface area contributed by atoms with Gasteiger partial charge in [-0.2, -0.15) is 0 Å². The van der Waals surface area contributed by atoms with E-state index in [-0.39, 0.29) is 17.4 Å². The molecule has 1 fully saturated rings. The van der Waals surface area contributed by atoms with Crippen LogP contribution in [0.3, 0.4) is 0 Å². The number of piperidine rings is 1. The average Bonchev–Trinajstić information content (AvgIpc) is 3.14. The molecule has 0 aliphatic carbocycles. The van der Waals surface area contributed by atoms with E-state index in [4.69, 9.17) is 9.72 Å². The Bertz CT molecular complexity index is 1020. The summed E-state index contributed by atoms with van der Waals surface area (Å²) in [5.41, 5.74) is 1.88. The third-order valence-corrected chi connectivity index (χ3v) is 6.18. The largest absolute Gasteiger partial charge is 0.466 e. The van der Waals surface area contributed by atoms with Crippen LogP contribution in [0.5, 0.6) is 0 Å². The van der Waals surface area contributed by atoms with Crippen LogP contribution in [0.25, 0.3) is 21.3 Å². The summed E-state index contributed by atoms with van der Waals surface area (Å²) in [4.78, 5) is 34.4. The number of likely N-dealkylation sites (tertiary alicyclic amines) is 1. The first-order valence-electron chi connectivity index (χ1n) is 9.71.